The third-order valence-electron chi connectivity index (χ3n) is 2.42. The maximum absolute atomic E-state index is 11.1. The predicted molar refractivity (Wildman–Crippen MR) is 78.2 cm³/mol. The Morgan fingerprint density at radius 3 is 2.33 bits per heavy atom. The standard InChI is InChI=1S/C15H19NO5/c1-4-20-13-7-6-11(9-14(13)21-5-2)8-12(15(18)19)16-10(3)17/h6-9H,4-5H2,1-3H3,(H,16,17)(H,18,19)/b12-8+. The predicted octanol–water partition coefficient (Wildman–Crippen LogP) is 2.05. The zero-order valence-corrected chi connectivity index (χ0v) is 12.3. The molecule has 0 radical (unpaired) electrons. The summed E-state index contributed by atoms with van der Waals surface area (Å²) in [6, 6.07) is 5.06. The summed E-state index contributed by atoms with van der Waals surface area (Å²) in [6.45, 7) is 5.92. The number of carbonyl (C=O) groups excluding carboxylic acids is 1. The van der Waals surface area contributed by atoms with Gasteiger partial charge < -0.3 is 19.9 Å². The zero-order valence-electron chi connectivity index (χ0n) is 12.3. The number of hydrogen-bond donors (Lipinski definition) is 2. The number of carboxylic acids is 1. The summed E-state index contributed by atoms with van der Waals surface area (Å²) in [5.41, 5.74) is 0.391. The Morgan fingerprint density at radius 2 is 1.81 bits per heavy atom. The fraction of sp³-hybridized carbons (Fsp3) is 0.333. The summed E-state index contributed by atoms with van der Waals surface area (Å²) in [5, 5.41) is 11.3. The van der Waals surface area contributed by atoms with Crippen LogP contribution in [0.4, 0.5) is 0 Å². The third kappa shape index (κ3) is 5.18. The second-order valence-electron chi connectivity index (χ2n) is 4.12. The molecule has 0 fully saturated rings. The lowest BCUT2D eigenvalue weighted by Crippen LogP contribution is -2.24. The van der Waals surface area contributed by atoms with Gasteiger partial charge in [-0.15, -0.1) is 0 Å². The Balaban J connectivity index is 3.14. The van der Waals surface area contributed by atoms with E-state index >= 15 is 0 Å². The molecule has 6 heteroatoms. The van der Waals surface area contributed by atoms with Crippen molar-refractivity contribution < 1.29 is 24.2 Å². The van der Waals surface area contributed by atoms with Gasteiger partial charge in [0.15, 0.2) is 11.5 Å². The molecular formula is C15H19NO5. The molecule has 0 aromatic heterocycles. The largest absolute Gasteiger partial charge is 0.490 e. The molecule has 1 amide bonds. The van der Waals surface area contributed by atoms with Gasteiger partial charge in [-0.3, -0.25) is 4.79 Å². The second-order valence-corrected chi connectivity index (χ2v) is 4.12. The third-order valence-corrected chi connectivity index (χ3v) is 2.42. The number of rotatable bonds is 7. The van der Waals surface area contributed by atoms with Crippen molar-refractivity contribution in [3.63, 3.8) is 0 Å². The van der Waals surface area contributed by atoms with E-state index in [1.165, 1.54) is 13.0 Å². The summed E-state index contributed by atoms with van der Waals surface area (Å²) in [6.07, 6.45) is 1.36. The molecule has 0 aliphatic carbocycles. The van der Waals surface area contributed by atoms with E-state index in [1.54, 1.807) is 18.2 Å². The van der Waals surface area contributed by atoms with Gasteiger partial charge in [0.2, 0.25) is 5.91 Å². The van der Waals surface area contributed by atoms with Crippen molar-refractivity contribution >= 4 is 18.0 Å². The van der Waals surface area contributed by atoms with Crippen LogP contribution in [0.2, 0.25) is 0 Å². The lowest BCUT2D eigenvalue weighted by molar-refractivity contribution is -0.134. The normalized spacial score (nSPS) is 10.9. The van der Waals surface area contributed by atoms with Crippen molar-refractivity contribution in [3.8, 4) is 11.5 Å². The summed E-state index contributed by atoms with van der Waals surface area (Å²) < 4.78 is 10.9. The van der Waals surface area contributed by atoms with Crippen LogP contribution in [-0.2, 0) is 9.59 Å². The van der Waals surface area contributed by atoms with Crippen molar-refractivity contribution in [2.45, 2.75) is 20.8 Å². The minimum Gasteiger partial charge on any atom is -0.490 e. The Kier molecular flexibility index (Phi) is 6.26. The quantitative estimate of drug-likeness (QED) is 0.751. The number of carbonyl (C=O) groups is 2. The minimum atomic E-state index is -1.21. The minimum absolute atomic E-state index is 0.200. The molecule has 0 saturated carbocycles. The molecule has 0 spiro atoms. The number of carboxylic acid groups (broad SMARTS) is 1. The van der Waals surface area contributed by atoms with E-state index in [4.69, 9.17) is 14.6 Å². The fourth-order valence-electron chi connectivity index (χ4n) is 1.67. The van der Waals surface area contributed by atoms with E-state index in [-0.39, 0.29) is 5.70 Å². The molecule has 0 saturated heterocycles. The molecule has 0 atom stereocenters. The van der Waals surface area contributed by atoms with Gasteiger partial charge in [0.25, 0.3) is 0 Å². The Labute approximate surface area is 123 Å². The molecule has 0 aliphatic rings. The van der Waals surface area contributed by atoms with Crippen molar-refractivity contribution in [1.29, 1.82) is 0 Å². The topological polar surface area (TPSA) is 84.9 Å². The molecule has 21 heavy (non-hydrogen) atoms. The van der Waals surface area contributed by atoms with Gasteiger partial charge in [-0.05, 0) is 37.6 Å². The molecule has 0 aliphatic heterocycles. The smallest absolute Gasteiger partial charge is 0.352 e. The molecule has 6 nitrogen and oxygen atoms in total. The molecule has 1 rings (SSSR count). The molecule has 114 valence electrons. The lowest BCUT2D eigenvalue weighted by Gasteiger charge is -2.11. The number of ether oxygens (including phenoxy) is 2. The number of benzene rings is 1. The van der Waals surface area contributed by atoms with Crippen molar-refractivity contribution in [2.75, 3.05) is 13.2 Å². The van der Waals surface area contributed by atoms with E-state index in [2.05, 4.69) is 5.32 Å². The molecule has 0 heterocycles. The molecule has 1 aromatic rings. The monoisotopic (exact) mass is 293 g/mol. The number of amides is 1. The first-order valence-corrected chi connectivity index (χ1v) is 6.60. The zero-order chi connectivity index (χ0) is 15.8. The first-order chi connectivity index (χ1) is 9.97. The van der Waals surface area contributed by atoms with Crippen LogP contribution in [0.1, 0.15) is 26.3 Å². The van der Waals surface area contributed by atoms with Gasteiger partial charge in [-0.1, -0.05) is 6.07 Å². The first kappa shape index (κ1) is 16.6. The fourth-order valence-corrected chi connectivity index (χ4v) is 1.67. The summed E-state index contributed by atoms with van der Waals surface area (Å²) in [7, 11) is 0. The van der Waals surface area contributed by atoms with Gasteiger partial charge >= 0.3 is 5.97 Å². The van der Waals surface area contributed by atoms with E-state index in [0.29, 0.717) is 30.3 Å². The maximum Gasteiger partial charge on any atom is 0.352 e. The van der Waals surface area contributed by atoms with Crippen LogP contribution in [0.5, 0.6) is 11.5 Å². The molecular weight excluding hydrogens is 274 g/mol. The highest BCUT2D eigenvalue weighted by molar-refractivity contribution is 5.96. The van der Waals surface area contributed by atoms with E-state index < -0.39 is 11.9 Å². The highest BCUT2D eigenvalue weighted by Gasteiger charge is 2.10. The molecule has 1 aromatic carbocycles. The number of hydrogen-bond acceptors (Lipinski definition) is 4. The Hall–Kier alpha value is -2.50. The van der Waals surface area contributed by atoms with Gasteiger partial charge in [-0.2, -0.15) is 0 Å². The van der Waals surface area contributed by atoms with Crippen LogP contribution in [0.25, 0.3) is 6.08 Å². The van der Waals surface area contributed by atoms with Crippen LogP contribution in [-0.4, -0.2) is 30.2 Å². The second kappa shape index (κ2) is 7.94. The molecule has 0 unspecified atom stereocenters. The summed E-state index contributed by atoms with van der Waals surface area (Å²) in [4.78, 5) is 22.1. The van der Waals surface area contributed by atoms with E-state index in [9.17, 15) is 9.59 Å². The summed E-state index contributed by atoms with van der Waals surface area (Å²) >= 11 is 0. The van der Waals surface area contributed by atoms with Gasteiger partial charge in [0.1, 0.15) is 5.70 Å². The van der Waals surface area contributed by atoms with Gasteiger partial charge in [0, 0.05) is 6.92 Å². The summed E-state index contributed by atoms with van der Waals surface area (Å²) in [5.74, 6) is -0.537. The van der Waals surface area contributed by atoms with E-state index in [0.717, 1.165) is 0 Å². The molecule has 0 bridgehead atoms. The van der Waals surface area contributed by atoms with Crippen molar-refractivity contribution in [3.05, 3.63) is 29.5 Å². The van der Waals surface area contributed by atoms with Crippen LogP contribution in [0.15, 0.2) is 23.9 Å². The van der Waals surface area contributed by atoms with Gasteiger partial charge in [0.05, 0.1) is 13.2 Å². The SMILES string of the molecule is CCOc1ccc(/C=C(/NC(C)=O)C(=O)O)cc1OCC. The van der Waals surface area contributed by atoms with Crippen LogP contribution < -0.4 is 14.8 Å². The maximum atomic E-state index is 11.1. The van der Waals surface area contributed by atoms with Gasteiger partial charge in [-0.25, -0.2) is 4.79 Å². The average Bonchev–Trinajstić information content (AvgIpc) is 2.41. The Morgan fingerprint density at radius 1 is 1.19 bits per heavy atom. The van der Waals surface area contributed by atoms with E-state index in [1.807, 2.05) is 13.8 Å². The average molecular weight is 293 g/mol. The number of nitrogens with one attached hydrogen (secondary N) is 1. The highest BCUT2D eigenvalue weighted by Crippen LogP contribution is 2.29. The first-order valence-electron chi connectivity index (χ1n) is 6.60. The number of aliphatic carboxylic acids is 1. The lowest BCUT2D eigenvalue weighted by atomic mass is 10.1. The van der Waals surface area contributed by atoms with Crippen molar-refractivity contribution in [2.24, 2.45) is 0 Å². The van der Waals surface area contributed by atoms with Crippen LogP contribution in [0, 0.1) is 0 Å². The van der Waals surface area contributed by atoms with Crippen LogP contribution in [0.3, 0.4) is 0 Å². The van der Waals surface area contributed by atoms with Crippen molar-refractivity contribution in [1.82, 2.24) is 5.32 Å². The van der Waals surface area contributed by atoms with Crippen LogP contribution >= 0.6 is 0 Å². The highest BCUT2D eigenvalue weighted by atomic mass is 16.5. The molecule has 2 N–H and O–H groups in total. The Bertz CT molecular complexity index is 551.